The van der Waals surface area contributed by atoms with Gasteiger partial charge < -0.3 is 9.47 Å². The quantitative estimate of drug-likeness (QED) is 0.679. The minimum atomic E-state index is -0.285. The second-order valence-corrected chi connectivity index (χ2v) is 3.67. The number of hydrogen-bond donors (Lipinski definition) is 0. The molecule has 4 heteroatoms. The molecule has 0 aliphatic carbocycles. The zero-order valence-electron chi connectivity index (χ0n) is 8.43. The molecule has 14 heavy (non-hydrogen) atoms. The minimum absolute atomic E-state index is 0.285. The van der Waals surface area contributed by atoms with Crippen molar-refractivity contribution < 1.29 is 9.47 Å². The van der Waals surface area contributed by atoms with Gasteiger partial charge in [0.15, 0.2) is 6.29 Å². The van der Waals surface area contributed by atoms with Gasteiger partial charge in [-0.2, -0.15) is 0 Å². The smallest absolute Gasteiger partial charge is 0.186 e. The largest absolute Gasteiger partial charge is 0.348 e. The van der Waals surface area contributed by atoms with Crippen molar-refractivity contribution in [2.75, 3.05) is 13.2 Å². The zero-order valence-corrected chi connectivity index (χ0v) is 8.43. The van der Waals surface area contributed by atoms with E-state index in [-0.39, 0.29) is 6.29 Å². The van der Waals surface area contributed by atoms with Crippen LogP contribution < -0.4 is 0 Å². The van der Waals surface area contributed by atoms with Gasteiger partial charge in [0.1, 0.15) is 5.82 Å². The SMILES string of the molecule is Cc1ncc(C2OCC(C)CO2)cn1. The number of nitrogens with zero attached hydrogens (tertiary/aromatic N) is 2. The molecule has 1 aromatic heterocycles. The summed E-state index contributed by atoms with van der Waals surface area (Å²) in [7, 11) is 0. The van der Waals surface area contributed by atoms with Gasteiger partial charge in [0.05, 0.1) is 13.2 Å². The number of aromatic nitrogens is 2. The lowest BCUT2D eigenvalue weighted by molar-refractivity contribution is -0.202. The summed E-state index contributed by atoms with van der Waals surface area (Å²) < 4.78 is 11.0. The third kappa shape index (κ3) is 2.08. The molecule has 1 saturated heterocycles. The van der Waals surface area contributed by atoms with E-state index in [4.69, 9.17) is 9.47 Å². The van der Waals surface area contributed by atoms with Crippen LogP contribution in [0.25, 0.3) is 0 Å². The van der Waals surface area contributed by atoms with E-state index in [0.717, 1.165) is 24.6 Å². The molecule has 0 bridgehead atoms. The Morgan fingerprint density at radius 2 is 1.79 bits per heavy atom. The van der Waals surface area contributed by atoms with Crippen LogP contribution in [0.4, 0.5) is 0 Å². The average Bonchev–Trinajstić information content (AvgIpc) is 2.21. The molecule has 4 nitrogen and oxygen atoms in total. The van der Waals surface area contributed by atoms with Crippen molar-refractivity contribution in [2.45, 2.75) is 20.1 Å². The fraction of sp³-hybridized carbons (Fsp3) is 0.600. The Morgan fingerprint density at radius 3 is 2.36 bits per heavy atom. The molecule has 0 amide bonds. The van der Waals surface area contributed by atoms with Crippen molar-refractivity contribution in [2.24, 2.45) is 5.92 Å². The average molecular weight is 194 g/mol. The first-order chi connectivity index (χ1) is 6.75. The molecule has 0 atom stereocenters. The van der Waals surface area contributed by atoms with Gasteiger partial charge in [-0.25, -0.2) is 9.97 Å². The van der Waals surface area contributed by atoms with Crippen LogP contribution in [0.2, 0.25) is 0 Å². The monoisotopic (exact) mass is 194 g/mol. The minimum Gasteiger partial charge on any atom is -0.348 e. The highest BCUT2D eigenvalue weighted by atomic mass is 16.7. The van der Waals surface area contributed by atoms with E-state index < -0.39 is 0 Å². The summed E-state index contributed by atoms with van der Waals surface area (Å²) in [6.07, 6.45) is 3.22. The van der Waals surface area contributed by atoms with Crippen LogP contribution in [0.5, 0.6) is 0 Å². The van der Waals surface area contributed by atoms with Gasteiger partial charge in [0.2, 0.25) is 0 Å². The van der Waals surface area contributed by atoms with E-state index in [9.17, 15) is 0 Å². The van der Waals surface area contributed by atoms with Crippen molar-refractivity contribution in [3.63, 3.8) is 0 Å². The molecule has 0 spiro atoms. The van der Waals surface area contributed by atoms with Crippen LogP contribution >= 0.6 is 0 Å². The maximum Gasteiger partial charge on any atom is 0.186 e. The molecular formula is C10H14N2O2. The summed E-state index contributed by atoms with van der Waals surface area (Å²) in [4.78, 5) is 8.20. The maximum absolute atomic E-state index is 5.51. The Bertz CT molecular complexity index is 291. The second kappa shape index (κ2) is 4.02. The molecule has 0 N–H and O–H groups in total. The van der Waals surface area contributed by atoms with Crippen LogP contribution in [-0.4, -0.2) is 23.2 Å². The summed E-state index contributed by atoms with van der Waals surface area (Å²) in [5.74, 6) is 1.23. The normalized spacial score (nSPS) is 27.6. The molecule has 1 aromatic rings. The van der Waals surface area contributed by atoms with Gasteiger partial charge in [0, 0.05) is 23.9 Å². The Balaban J connectivity index is 2.05. The summed E-state index contributed by atoms with van der Waals surface area (Å²) in [5.41, 5.74) is 0.891. The molecule has 2 heterocycles. The Morgan fingerprint density at radius 1 is 1.21 bits per heavy atom. The van der Waals surface area contributed by atoms with E-state index >= 15 is 0 Å². The Labute approximate surface area is 83.3 Å². The highest BCUT2D eigenvalue weighted by molar-refractivity contribution is 5.06. The van der Waals surface area contributed by atoms with Gasteiger partial charge >= 0.3 is 0 Å². The lowest BCUT2D eigenvalue weighted by Crippen LogP contribution is -2.25. The van der Waals surface area contributed by atoms with E-state index in [1.807, 2.05) is 6.92 Å². The van der Waals surface area contributed by atoms with Crippen LogP contribution in [0.15, 0.2) is 12.4 Å². The van der Waals surface area contributed by atoms with Crippen LogP contribution in [0.3, 0.4) is 0 Å². The number of hydrogen-bond acceptors (Lipinski definition) is 4. The van der Waals surface area contributed by atoms with Gasteiger partial charge in [-0.05, 0) is 6.92 Å². The number of aryl methyl sites for hydroxylation is 1. The molecule has 1 fully saturated rings. The maximum atomic E-state index is 5.51. The van der Waals surface area contributed by atoms with E-state index in [0.29, 0.717) is 5.92 Å². The number of ether oxygens (including phenoxy) is 2. The third-order valence-electron chi connectivity index (χ3n) is 2.14. The van der Waals surface area contributed by atoms with Gasteiger partial charge in [-0.1, -0.05) is 6.92 Å². The third-order valence-corrected chi connectivity index (χ3v) is 2.14. The second-order valence-electron chi connectivity index (χ2n) is 3.67. The number of rotatable bonds is 1. The first kappa shape index (κ1) is 9.55. The molecule has 1 aliphatic rings. The molecule has 1 aliphatic heterocycles. The molecule has 2 rings (SSSR count). The zero-order chi connectivity index (χ0) is 9.97. The lowest BCUT2D eigenvalue weighted by Gasteiger charge is -2.27. The summed E-state index contributed by atoms with van der Waals surface area (Å²) in [6.45, 7) is 5.42. The van der Waals surface area contributed by atoms with E-state index in [2.05, 4.69) is 16.9 Å². The fourth-order valence-corrected chi connectivity index (χ4v) is 1.32. The lowest BCUT2D eigenvalue weighted by atomic mass is 10.2. The summed E-state index contributed by atoms with van der Waals surface area (Å²) in [6, 6.07) is 0. The highest BCUT2D eigenvalue weighted by Crippen LogP contribution is 2.23. The first-order valence-corrected chi connectivity index (χ1v) is 4.77. The van der Waals surface area contributed by atoms with E-state index in [1.165, 1.54) is 0 Å². The summed E-state index contributed by atoms with van der Waals surface area (Å²) >= 11 is 0. The molecule has 0 saturated carbocycles. The van der Waals surface area contributed by atoms with Crippen molar-refractivity contribution in [1.29, 1.82) is 0 Å². The highest BCUT2D eigenvalue weighted by Gasteiger charge is 2.21. The molecule has 0 aromatic carbocycles. The van der Waals surface area contributed by atoms with Crippen LogP contribution in [0.1, 0.15) is 24.6 Å². The van der Waals surface area contributed by atoms with Crippen molar-refractivity contribution in [1.82, 2.24) is 9.97 Å². The molecule has 0 unspecified atom stereocenters. The van der Waals surface area contributed by atoms with Gasteiger partial charge in [0.25, 0.3) is 0 Å². The fourth-order valence-electron chi connectivity index (χ4n) is 1.32. The predicted molar refractivity (Wildman–Crippen MR) is 50.6 cm³/mol. The predicted octanol–water partition coefficient (Wildman–Crippen LogP) is 1.47. The summed E-state index contributed by atoms with van der Waals surface area (Å²) in [5, 5.41) is 0. The van der Waals surface area contributed by atoms with Crippen LogP contribution in [-0.2, 0) is 9.47 Å². The molecule has 76 valence electrons. The van der Waals surface area contributed by atoms with Crippen LogP contribution in [0, 0.1) is 12.8 Å². The van der Waals surface area contributed by atoms with Gasteiger partial charge in [-0.3, -0.25) is 0 Å². The Kier molecular flexibility index (Phi) is 2.74. The standard InChI is InChI=1S/C10H14N2O2/c1-7-5-13-10(14-6-7)9-3-11-8(2)12-4-9/h3-4,7,10H,5-6H2,1-2H3. The van der Waals surface area contributed by atoms with Crippen molar-refractivity contribution >= 4 is 0 Å². The van der Waals surface area contributed by atoms with Gasteiger partial charge in [-0.15, -0.1) is 0 Å². The molecule has 0 radical (unpaired) electrons. The Hall–Kier alpha value is -1.00. The van der Waals surface area contributed by atoms with E-state index in [1.54, 1.807) is 12.4 Å². The van der Waals surface area contributed by atoms with Crippen molar-refractivity contribution in [3.05, 3.63) is 23.8 Å². The first-order valence-electron chi connectivity index (χ1n) is 4.77. The topological polar surface area (TPSA) is 44.2 Å². The molecular weight excluding hydrogens is 180 g/mol. The van der Waals surface area contributed by atoms with Crippen molar-refractivity contribution in [3.8, 4) is 0 Å².